The smallest absolute Gasteiger partial charge is 0.317 e. The van der Waals surface area contributed by atoms with Gasteiger partial charge in [-0.05, 0) is 39.8 Å². The van der Waals surface area contributed by atoms with Crippen LogP contribution in [-0.4, -0.2) is 64.3 Å². The molecule has 1 fully saturated rings. The zero-order valence-electron chi connectivity index (χ0n) is 18.8. The second-order valence-electron chi connectivity index (χ2n) is 8.13. The number of nitrogens with one attached hydrogen (secondary N) is 2. The minimum Gasteiger partial charge on any atom is -0.353 e. The molecule has 1 unspecified atom stereocenters. The van der Waals surface area contributed by atoms with E-state index in [2.05, 4.69) is 25.5 Å². The Balaban J connectivity index is 1.59. The molecule has 1 aliphatic heterocycles. The van der Waals surface area contributed by atoms with E-state index in [1.54, 1.807) is 6.07 Å². The number of rotatable bonds is 6. The van der Waals surface area contributed by atoms with E-state index in [-0.39, 0.29) is 29.8 Å². The average Bonchev–Trinajstić information content (AvgIpc) is 2.73. The van der Waals surface area contributed by atoms with Gasteiger partial charge in [-0.25, -0.2) is 14.8 Å². The van der Waals surface area contributed by atoms with Gasteiger partial charge in [0.25, 0.3) is 0 Å². The molecule has 1 atom stereocenters. The van der Waals surface area contributed by atoms with Crippen LogP contribution in [0.2, 0.25) is 5.15 Å². The number of urea groups is 1. The zero-order chi connectivity index (χ0) is 23.3. The van der Waals surface area contributed by atoms with Crippen LogP contribution in [0.25, 0.3) is 0 Å². The van der Waals surface area contributed by atoms with Gasteiger partial charge in [0.15, 0.2) is 5.16 Å². The molecule has 0 saturated carbocycles. The first-order valence-electron chi connectivity index (χ1n) is 10.6. The number of anilines is 2. The molecule has 1 saturated heterocycles. The third kappa shape index (κ3) is 6.74. The summed E-state index contributed by atoms with van der Waals surface area (Å²) in [6, 6.07) is 9.41. The minimum atomic E-state index is -0.137. The van der Waals surface area contributed by atoms with E-state index in [1.807, 2.05) is 56.9 Å². The highest BCUT2D eigenvalue weighted by Gasteiger charge is 2.28. The van der Waals surface area contributed by atoms with Crippen molar-refractivity contribution in [2.75, 3.05) is 35.6 Å². The zero-order valence-corrected chi connectivity index (χ0v) is 20.3. The average molecular weight is 477 g/mol. The van der Waals surface area contributed by atoms with Crippen molar-refractivity contribution in [3.63, 3.8) is 0 Å². The van der Waals surface area contributed by atoms with E-state index >= 15 is 0 Å². The molecule has 0 radical (unpaired) electrons. The van der Waals surface area contributed by atoms with E-state index < -0.39 is 0 Å². The topological polar surface area (TPSA) is 90.5 Å². The molecule has 0 spiro atoms. The molecule has 2 N–H and O–H groups in total. The lowest BCUT2D eigenvalue weighted by Gasteiger charge is -2.40. The van der Waals surface area contributed by atoms with Crippen LogP contribution in [0.5, 0.6) is 0 Å². The number of nitrogens with zero attached hydrogens (tertiary/aromatic N) is 4. The Kier molecular flexibility index (Phi) is 8.20. The summed E-state index contributed by atoms with van der Waals surface area (Å²) in [5.74, 6) is 0.734. The molecule has 32 heavy (non-hydrogen) atoms. The van der Waals surface area contributed by atoms with Crippen LogP contribution in [-0.2, 0) is 4.79 Å². The van der Waals surface area contributed by atoms with Crippen molar-refractivity contribution in [1.82, 2.24) is 20.2 Å². The van der Waals surface area contributed by atoms with Gasteiger partial charge in [-0.1, -0.05) is 41.1 Å². The molecule has 10 heteroatoms. The third-order valence-corrected chi connectivity index (χ3v) is 5.99. The summed E-state index contributed by atoms with van der Waals surface area (Å²) in [6.07, 6.45) is 0. The second kappa shape index (κ2) is 10.9. The fraction of sp³-hybridized carbons (Fsp3) is 0.455. The van der Waals surface area contributed by atoms with Gasteiger partial charge >= 0.3 is 6.03 Å². The lowest BCUT2D eigenvalue weighted by atomic mass is 10.2. The number of hydrogen-bond donors (Lipinski definition) is 2. The highest BCUT2D eigenvalue weighted by Crippen LogP contribution is 2.24. The molecule has 3 rings (SSSR count). The first-order valence-corrected chi connectivity index (χ1v) is 11.9. The van der Waals surface area contributed by atoms with E-state index in [0.717, 1.165) is 11.3 Å². The summed E-state index contributed by atoms with van der Waals surface area (Å²) in [5.41, 5.74) is 1.88. The highest BCUT2D eigenvalue weighted by atomic mass is 35.5. The van der Waals surface area contributed by atoms with Gasteiger partial charge in [-0.2, -0.15) is 0 Å². The molecule has 1 aliphatic rings. The normalized spacial score (nSPS) is 16.2. The molecule has 0 aliphatic carbocycles. The van der Waals surface area contributed by atoms with Crippen molar-refractivity contribution >= 4 is 46.8 Å². The van der Waals surface area contributed by atoms with Crippen molar-refractivity contribution in [2.24, 2.45) is 0 Å². The van der Waals surface area contributed by atoms with Crippen molar-refractivity contribution in [1.29, 1.82) is 0 Å². The number of aromatic nitrogens is 2. The molecule has 2 heterocycles. The number of halogens is 1. The molecular formula is C22H29ClN6O2S. The van der Waals surface area contributed by atoms with E-state index in [1.165, 1.54) is 11.8 Å². The number of piperazine rings is 1. The summed E-state index contributed by atoms with van der Waals surface area (Å²) >= 11 is 7.47. The first kappa shape index (κ1) is 24.1. The fourth-order valence-electron chi connectivity index (χ4n) is 3.37. The summed E-state index contributed by atoms with van der Waals surface area (Å²) < 4.78 is 0. The molecule has 8 nitrogen and oxygen atoms in total. The molecule has 0 bridgehead atoms. The van der Waals surface area contributed by atoms with Crippen molar-refractivity contribution in [3.05, 3.63) is 41.0 Å². The Labute approximate surface area is 198 Å². The molecule has 2 aromatic rings. The Morgan fingerprint density at radius 1 is 1.22 bits per heavy atom. The van der Waals surface area contributed by atoms with Crippen LogP contribution >= 0.6 is 23.4 Å². The van der Waals surface area contributed by atoms with Gasteiger partial charge in [-0.15, -0.1) is 0 Å². The fourth-order valence-corrected chi connectivity index (χ4v) is 4.25. The summed E-state index contributed by atoms with van der Waals surface area (Å²) in [6.45, 7) is 9.77. The third-order valence-electron chi connectivity index (χ3n) is 4.95. The number of benzene rings is 1. The van der Waals surface area contributed by atoms with Crippen LogP contribution in [0.4, 0.5) is 16.3 Å². The summed E-state index contributed by atoms with van der Waals surface area (Å²) in [4.78, 5) is 37.4. The van der Waals surface area contributed by atoms with Gasteiger partial charge in [0.05, 0.1) is 5.75 Å². The molecule has 1 aromatic carbocycles. The predicted molar refractivity (Wildman–Crippen MR) is 130 cm³/mol. The number of thioether (sulfide) groups is 1. The maximum absolute atomic E-state index is 12.4. The van der Waals surface area contributed by atoms with Gasteiger partial charge in [0.2, 0.25) is 5.91 Å². The van der Waals surface area contributed by atoms with Gasteiger partial charge in [-0.3, -0.25) is 4.79 Å². The second-order valence-corrected chi connectivity index (χ2v) is 9.46. The largest absolute Gasteiger partial charge is 0.353 e. The Morgan fingerprint density at radius 3 is 2.59 bits per heavy atom. The van der Waals surface area contributed by atoms with E-state index in [9.17, 15) is 9.59 Å². The summed E-state index contributed by atoms with van der Waals surface area (Å²) in [5, 5.41) is 6.57. The van der Waals surface area contributed by atoms with Crippen LogP contribution in [0.15, 0.2) is 35.5 Å². The maximum Gasteiger partial charge on any atom is 0.317 e. The van der Waals surface area contributed by atoms with E-state index in [0.29, 0.717) is 35.8 Å². The molecular weight excluding hydrogens is 448 g/mol. The molecule has 1 aromatic heterocycles. The Bertz CT molecular complexity index is 956. The van der Waals surface area contributed by atoms with Crippen molar-refractivity contribution in [2.45, 2.75) is 44.9 Å². The SMILES string of the molecule is Cc1ccc(NC(=O)CSc2nc(Cl)cc(N3CCN(C(=O)NC(C)C)C(C)C3)n2)cc1. The number of carbonyl (C=O) groups excluding carboxylic acids is 2. The van der Waals surface area contributed by atoms with Gasteiger partial charge < -0.3 is 20.4 Å². The maximum atomic E-state index is 12.4. The van der Waals surface area contributed by atoms with Crippen LogP contribution in [0.1, 0.15) is 26.3 Å². The lowest BCUT2D eigenvalue weighted by molar-refractivity contribution is -0.113. The van der Waals surface area contributed by atoms with Crippen LogP contribution < -0.4 is 15.5 Å². The van der Waals surface area contributed by atoms with Crippen LogP contribution in [0.3, 0.4) is 0 Å². The van der Waals surface area contributed by atoms with Crippen molar-refractivity contribution in [3.8, 4) is 0 Å². The summed E-state index contributed by atoms with van der Waals surface area (Å²) in [7, 11) is 0. The van der Waals surface area contributed by atoms with Gasteiger partial charge in [0.1, 0.15) is 11.0 Å². The quantitative estimate of drug-likeness (QED) is 0.374. The monoisotopic (exact) mass is 476 g/mol. The molecule has 172 valence electrons. The Morgan fingerprint density at radius 2 is 1.94 bits per heavy atom. The van der Waals surface area contributed by atoms with Crippen molar-refractivity contribution < 1.29 is 9.59 Å². The molecule has 3 amide bonds. The first-order chi connectivity index (χ1) is 15.2. The number of aryl methyl sites for hydroxylation is 1. The minimum absolute atomic E-state index is 0.0210. The number of amides is 3. The standard InChI is InChI=1S/C22H29ClN6O2S/c1-14(2)24-22(31)29-10-9-28(12-16(29)4)19-11-18(23)26-21(27-19)32-13-20(30)25-17-7-5-15(3)6-8-17/h5-8,11,14,16H,9-10,12-13H2,1-4H3,(H,24,31)(H,25,30). The lowest BCUT2D eigenvalue weighted by Crippen LogP contribution is -2.57. The van der Waals surface area contributed by atoms with Gasteiger partial charge in [0, 0.05) is 43.5 Å². The number of hydrogen-bond acceptors (Lipinski definition) is 6. The van der Waals surface area contributed by atoms with Crippen LogP contribution in [0, 0.1) is 6.92 Å². The van der Waals surface area contributed by atoms with E-state index in [4.69, 9.17) is 11.6 Å². The highest BCUT2D eigenvalue weighted by molar-refractivity contribution is 7.99. The number of carbonyl (C=O) groups is 2. The predicted octanol–water partition coefficient (Wildman–Crippen LogP) is 3.80. The Hall–Kier alpha value is -2.52.